The van der Waals surface area contributed by atoms with Gasteiger partial charge in [0.25, 0.3) is 0 Å². The van der Waals surface area contributed by atoms with E-state index in [4.69, 9.17) is 9.63 Å². The average Bonchev–Trinajstić information content (AvgIpc) is 3.10. The van der Waals surface area contributed by atoms with Crippen LogP contribution in [0.3, 0.4) is 0 Å². The van der Waals surface area contributed by atoms with Crippen LogP contribution >= 0.6 is 0 Å². The molecule has 3 heterocycles. The molecule has 0 unspecified atom stereocenters. The van der Waals surface area contributed by atoms with Crippen LogP contribution in [0, 0.1) is 0 Å². The molecule has 0 radical (unpaired) electrons. The lowest BCUT2D eigenvalue weighted by molar-refractivity contribution is 0.0690. The summed E-state index contributed by atoms with van der Waals surface area (Å²) in [6.45, 7) is 0.139. The Morgan fingerprint density at radius 2 is 2.30 bits per heavy atom. The third-order valence-corrected chi connectivity index (χ3v) is 2.42. The normalized spacial score (nSPS) is 10.6. The Hall–Kier alpha value is -3.10. The average molecular weight is 272 g/mol. The molecule has 0 saturated carbocycles. The second kappa shape index (κ2) is 4.88. The molecule has 3 aromatic heterocycles. The van der Waals surface area contributed by atoms with Crippen LogP contribution < -0.4 is 0 Å². The number of carboxylic acid groups (broad SMARTS) is 1. The van der Waals surface area contributed by atoms with Gasteiger partial charge < -0.3 is 9.63 Å². The first-order chi connectivity index (χ1) is 9.72. The zero-order chi connectivity index (χ0) is 13.9. The molecule has 1 N–H and O–H groups in total. The number of hydrogen-bond acceptors (Lipinski definition) is 7. The molecule has 0 amide bonds. The van der Waals surface area contributed by atoms with Crippen LogP contribution in [0.5, 0.6) is 0 Å². The van der Waals surface area contributed by atoms with Gasteiger partial charge in [-0.3, -0.25) is 4.98 Å². The van der Waals surface area contributed by atoms with E-state index in [1.165, 1.54) is 10.9 Å². The van der Waals surface area contributed by atoms with Gasteiger partial charge >= 0.3 is 5.97 Å². The molecule has 3 rings (SSSR count). The highest BCUT2D eigenvalue weighted by molar-refractivity contribution is 5.84. The molecule has 0 aliphatic carbocycles. The smallest absolute Gasteiger partial charge is 0.358 e. The largest absolute Gasteiger partial charge is 0.476 e. The highest BCUT2D eigenvalue weighted by Crippen LogP contribution is 2.12. The third kappa shape index (κ3) is 2.36. The highest BCUT2D eigenvalue weighted by atomic mass is 16.5. The van der Waals surface area contributed by atoms with Crippen LogP contribution in [0.2, 0.25) is 0 Å². The summed E-state index contributed by atoms with van der Waals surface area (Å²) in [5, 5.41) is 19.7. The van der Waals surface area contributed by atoms with Gasteiger partial charge in [-0.05, 0) is 12.1 Å². The van der Waals surface area contributed by atoms with Crippen molar-refractivity contribution in [2.75, 3.05) is 0 Å². The lowest BCUT2D eigenvalue weighted by atomic mass is 10.3. The number of nitrogens with zero attached hydrogens (tertiary/aromatic N) is 6. The molecular formula is C11H8N6O3. The summed E-state index contributed by atoms with van der Waals surface area (Å²) in [5.41, 5.74) is 0.446. The number of rotatable bonds is 4. The minimum atomic E-state index is -1.14. The molecule has 0 spiro atoms. The fourth-order valence-corrected chi connectivity index (χ4v) is 1.53. The summed E-state index contributed by atoms with van der Waals surface area (Å²) in [7, 11) is 0. The van der Waals surface area contributed by atoms with Gasteiger partial charge in [0.2, 0.25) is 11.7 Å². The highest BCUT2D eigenvalue weighted by Gasteiger charge is 2.12. The molecule has 0 saturated heterocycles. The van der Waals surface area contributed by atoms with E-state index >= 15 is 0 Å². The van der Waals surface area contributed by atoms with Crippen molar-refractivity contribution in [3.63, 3.8) is 0 Å². The number of aromatic carboxylic acids is 1. The Labute approximate surface area is 111 Å². The van der Waals surface area contributed by atoms with Crippen molar-refractivity contribution in [2.24, 2.45) is 0 Å². The maximum atomic E-state index is 10.7. The van der Waals surface area contributed by atoms with Gasteiger partial charge in [-0.25, -0.2) is 9.48 Å². The van der Waals surface area contributed by atoms with Crippen LogP contribution in [0.1, 0.15) is 16.4 Å². The Bertz CT molecular complexity index is 735. The molecule has 0 fully saturated rings. The number of carboxylic acids is 1. The van der Waals surface area contributed by atoms with E-state index in [1.807, 2.05) is 6.07 Å². The van der Waals surface area contributed by atoms with E-state index in [2.05, 4.69) is 25.4 Å². The quantitative estimate of drug-likeness (QED) is 0.727. The van der Waals surface area contributed by atoms with E-state index < -0.39 is 5.97 Å². The second-order valence-electron chi connectivity index (χ2n) is 3.83. The number of aromatic nitrogens is 6. The van der Waals surface area contributed by atoms with Crippen LogP contribution in [0.25, 0.3) is 11.5 Å². The Balaban J connectivity index is 1.78. The van der Waals surface area contributed by atoms with E-state index in [9.17, 15) is 4.79 Å². The van der Waals surface area contributed by atoms with Gasteiger partial charge in [-0.2, -0.15) is 4.98 Å². The summed E-state index contributed by atoms with van der Waals surface area (Å²) in [4.78, 5) is 18.9. The van der Waals surface area contributed by atoms with Crippen molar-refractivity contribution in [2.45, 2.75) is 6.54 Å². The molecule has 3 aromatic rings. The van der Waals surface area contributed by atoms with E-state index in [-0.39, 0.29) is 18.1 Å². The number of hydrogen-bond donors (Lipinski definition) is 1. The van der Waals surface area contributed by atoms with Crippen LogP contribution in [0.15, 0.2) is 35.1 Å². The molecule has 100 valence electrons. The minimum Gasteiger partial charge on any atom is -0.476 e. The second-order valence-corrected chi connectivity index (χ2v) is 3.83. The fourth-order valence-electron chi connectivity index (χ4n) is 1.53. The van der Waals surface area contributed by atoms with Crippen molar-refractivity contribution >= 4 is 5.97 Å². The SMILES string of the molecule is O=C(O)c1cn(Cc2nc(-c3ccccn3)no2)nn1. The van der Waals surface area contributed by atoms with E-state index in [0.29, 0.717) is 11.5 Å². The molecular weight excluding hydrogens is 264 g/mol. The van der Waals surface area contributed by atoms with Gasteiger partial charge in [0, 0.05) is 6.20 Å². The molecule has 20 heavy (non-hydrogen) atoms. The first kappa shape index (κ1) is 12.0. The van der Waals surface area contributed by atoms with Crippen LogP contribution in [-0.4, -0.2) is 41.2 Å². The fraction of sp³-hybridized carbons (Fsp3) is 0.0909. The Morgan fingerprint density at radius 3 is 3.00 bits per heavy atom. The molecule has 0 aromatic carbocycles. The molecule has 9 nitrogen and oxygen atoms in total. The van der Waals surface area contributed by atoms with Crippen molar-refractivity contribution in [3.05, 3.63) is 42.2 Å². The van der Waals surface area contributed by atoms with Crippen molar-refractivity contribution in [3.8, 4) is 11.5 Å². The van der Waals surface area contributed by atoms with Crippen LogP contribution in [0.4, 0.5) is 0 Å². The minimum absolute atomic E-state index is 0.139. The molecule has 0 aliphatic rings. The first-order valence-corrected chi connectivity index (χ1v) is 5.60. The zero-order valence-electron chi connectivity index (χ0n) is 10.0. The zero-order valence-corrected chi connectivity index (χ0v) is 10.0. The van der Waals surface area contributed by atoms with Gasteiger partial charge in [-0.1, -0.05) is 16.4 Å². The summed E-state index contributed by atoms with van der Waals surface area (Å²) in [6.07, 6.45) is 2.91. The number of pyridine rings is 1. The standard InChI is InChI=1S/C11H8N6O3/c18-11(19)8-5-17(16-14-8)6-9-13-10(15-20-9)7-3-1-2-4-12-7/h1-5H,6H2,(H,18,19). The maximum absolute atomic E-state index is 10.7. The number of carbonyl (C=O) groups is 1. The maximum Gasteiger partial charge on any atom is 0.358 e. The molecule has 0 bridgehead atoms. The summed E-state index contributed by atoms with van der Waals surface area (Å²) < 4.78 is 6.36. The predicted octanol–water partition coefficient (Wildman–Crippen LogP) is 0.470. The Morgan fingerprint density at radius 1 is 1.40 bits per heavy atom. The molecule has 9 heteroatoms. The topological polar surface area (TPSA) is 120 Å². The van der Waals surface area contributed by atoms with Gasteiger partial charge in [0.1, 0.15) is 12.2 Å². The van der Waals surface area contributed by atoms with Crippen molar-refractivity contribution < 1.29 is 14.4 Å². The molecule has 0 atom stereocenters. The summed E-state index contributed by atoms with van der Waals surface area (Å²) in [5.74, 6) is -0.498. The van der Waals surface area contributed by atoms with Crippen molar-refractivity contribution in [1.29, 1.82) is 0 Å². The van der Waals surface area contributed by atoms with Crippen LogP contribution in [-0.2, 0) is 6.54 Å². The summed E-state index contributed by atoms with van der Waals surface area (Å²) >= 11 is 0. The summed E-state index contributed by atoms with van der Waals surface area (Å²) in [6, 6.07) is 5.36. The van der Waals surface area contributed by atoms with Gasteiger partial charge in [-0.15, -0.1) is 5.10 Å². The van der Waals surface area contributed by atoms with E-state index in [1.54, 1.807) is 18.3 Å². The monoisotopic (exact) mass is 272 g/mol. The van der Waals surface area contributed by atoms with E-state index in [0.717, 1.165) is 0 Å². The van der Waals surface area contributed by atoms with Gasteiger partial charge in [0.05, 0.1) is 6.20 Å². The first-order valence-electron chi connectivity index (χ1n) is 5.60. The molecule has 0 aliphatic heterocycles. The third-order valence-electron chi connectivity index (χ3n) is 2.42. The lowest BCUT2D eigenvalue weighted by Gasteiger charge is -1.92. The van der Waals surface area contributed by atoms with Crippen molar-refractivity contribution in [1.82, 2.24) is 30.1 Å². The van der Waals surface area contributed by atoms with Gasteiger partial charge in [0.15, 0.2) is 5.69 Å². The Kier molecular flexibility index (Phi) is 2.92. The lowest BCUT2D eigenvalue weighted by Crippen LogP contribution is -2.01. The predicted molar refractivity (Wildman–Crippen MR) is 63.6 cm³/mol.